The van der Waals surface area contributed by atoms with E-state index in [-0.39, 0.29) is 5.91 Å². The van der Waals surface area contributed by atoms with Gasteiger partial charge in [0, 0.05) is 16.3 Å². The molecule has 0 aliphatic rings. The van der Waals surface area contributed by atoms with Gasteiger partial charge in [0.15, 0.2) is 6.10 Å². The van der Waals surface area contributed by atoms with E-state index in [1.807, 2.05) is 54.6 Å². The van der Waals surface area contributed by atoms with E-state index in [2.05, 4.69) is 17.4 Å². The summed E-state index contributed by atoms with van der Waals surface area (Å²) in [7, 11) is 0. The number of amides is 1. The lowest BCUT2D eigenvalue weighted by Crippen LogP contribution is -2.30. The molecule has 1 N–H and O–H groups in total. The molecule has 0 saturated carbocycles. The van der Waals surface area contributed by atoms with Crippen molar-refractivity contribution >= 4 is 35.0 Å². The number of para-hydroxylation sites is 1. The highest BCUT2D eigenvalue weighted by Gasteiger charge is 2.16. The van der Waals surface area contributed by atoms with Crippen molar-refractivity contribution < 1.29 is 9.53 Å². The summed E-state index contributed by atoms with van der Waals surface area (Å²) in [5.41, 5.74) is 1.94. The van der Waals surface area contributed by atoms with Gasteiger partial charge in [-0.05, 0) is 48.9 Å². The van der Waals surface area contributed by atoms with Crippen molar-refractivity contribution in [3.8, 4) is 5.75 Å². The normalized spacial score (nSPS) is 11.6. The molecule has 1 atom stereocenters. The van der Waals surface area contributed by atoms with Crippen LogP contribution in [-0.2, 0) is 10.5 Å². The molecule has 138 valence electrons. The fourth-order valence-electron chi connectivity index (χ4n) is 2.40. The van der Waals surface area contributed by atoms with Crippen molar-refractivity contribution in [1.82, 2.24) is 0 Å². The van der Waals surface area contributed by atoms with E-state index in [1.54, 1.807) is 30.8 Å². The maximum Gasteiger partial charge on any atom is 0.265 e. The molecule has 0 bridgehead atoms. The predicted molar refractivity (Wildman–Crippen MR) is 113 cm³/mol. The zero-order valence-corrected chi connectivity index (χ0v) is 16.5. The van der Waals surface area contributed by atoms with Crippen molar-refractivity contribution in [1.29, 1.82) is 0 Å². The summed E-state index contributed by atoms with van der Waals surface area (Å²) in [5.74, 6) is 1.15. The first kappa shape index (κ1) is 19.3. The van der Waals surface area contributed by atoms with Gasteiger partial charge in [-0.1, -0.05) is 54.1 Å². The molecule has 5 heteroatoms. The fraction of sp³-hybridized carbons (Fsp3) is 0.136. The molecule has 3 aromatic carbocycles. The average Bonchev–Trinajstić information content (AvgIpc) is 2.70. The molecule has 0 spiro atoms. The third-order valence-corrected chi connectivity index (χ3v) is 5.28. The van der Waals surface area contributed by atoms with Crippen molar-refractivity contribution in [2.24, 2.45) is 0 Å². The van der Waals surface area contributed by atoms with Gasteiger partial charge < -0.3 is 10.1 Å². The standard InChI is InChI=1S/C22H20ClNO2S/c1-16(26-21-10-6-5-9-20(21)23)22(25)24-18-13-11-17(12-14-18)15-27-19-7-3-2-4-8-19/h2-14,16H,15H2,1H3,(H,24,25). The maximum atomic E-state index is 12.3. The summed E-state index contributed by atoms with van der Waals surface area (Å²) in [4.78, 5) is 13.6. The highest BCUT2D eigenvalue weighted by Crippen LogP contribution is 2.25. The highest BCUT2D eigenvalue weighted by molar-refractivity contribution is 7.98. The summed E-state index contributed by atoms with van der Waals surface area (Å²) in [6.45, 7) is 1.70. The van der Waals surface area contributed by atoms with Crippen LogP contribution in [0.5, 0.6) is 5.75 Å². The van der Waals surface area contributed by atoms with E-state index in [0.29, 0.717) is 10.8 Å². The van der Waals surface area contributed by atoms with Gasteiger partial charge in [-0.2, -0.15) is 0 Å². The molecule has 0 fully saturated rings. The second kappa shape index (κ2) is 9.49. The zero-order chi connectivity index (χ0) is 19.1. The van der Waals surface area contributed by atoms with E-state index < -0.39 is 6.10 Å². The minimum atomic E-state index is -0.654. The lowest BCUT2D eigenvalue weighted by molar-refractivity contribution is -0.122. The molecule has 0 aromatic heterocycles. The fourth-order valence-corrected chi connectivity index (χ4v) is 3.45. The molecule has 3 aromatic rings. The van der Waals surface area contributed by atoms with Crippen LogP contribution in [0.2, 0.25) is 5.02 Å². The van der Waals surface area contributed by atoms with Crippen LogP contribution in [0, 0.1) is 0 Å². The molecule has 0 saturated heterocycles. The minimum absolute atomic E-state index is 0.221. The summed E-state index contributed by atoms with van der Waals surface area (Å²) < 4.78 is 5.64. The number of hydrogen-bond donors (Lipinski definition) is 1. The average molecular weight is 398 g/mol. The Kier molecular flexibility index (Phi) is 6.80. The van der Waals surface area contributed by atoms with Crippen LogP contribution in [0.4, 0.5) is 5.69 Å². The molecular formula is C22H20ClNO2S. The summed E-state index contributed by atoms with van der Waals surface area (Å²) >= 11 is 7.85. The van der Waals surface area contributed by atoms with Crippen LogP contribution in [0.15, 0.2) is 83.8 Å². The summed E-state index contributed by atoms with van der Waals surface area (Å²) in [5, 5.41) is 3.35. The van der Waals surface area contributed by atoms with Gasteiger partial charge in [0.05, 0.1) is 5.02 Å². The second-order valence-corrected chi connectivity index (χ2v) is 7.43. The van der Waals surface area contributed by atoms with E-state index in [1.165, 1.54) is 10.5 Å². The Hall–Kier alpha value is -2.43. The number of hydrogen-bond acceptors (Lipinski definition) is 3. The number of nitrogens with one attached hydrogen (secondary N) is 1. The smallest absolute Gasteiger partial charge is 0.265 e. The van der Waals surface area contributed by atoms with Crippen molar-refractivity contribution in [2.45, 2.75) is 23.7 Å². The number of rotatable bonds is 7. The molecule has 27 heavy (non-hydrogen) atoms. The van der Waals surface area contributed by atoms with E-state index >= 15 is 0 Å². The molecule has 1 unspecified atom stereocenters. The lowest BCUT2D eigenvalue weighted by Gasteiger charge is -2.15. The zero-order valence-electron chi connectivity index (χ0n) is 14.9. The van der Waals surface area contributed by atoms with Crippen LogP contribution in [0.25, 0.3) is 0 Å². The Balaban J connectivity index is 1.52. The van der Waals surface area contributed by atoms with Crippen molar-refractivity contribution in [2.75, 3.05) is 5.32 Å². The molecular weight excluding hydrogens is 378 g/mol. The van der Waals surface area contributed by atoms with Crippen molar-refractivity contribution in [3.63, 3.8) is 0 Å². The Morgan fingerprint density at radius 3 is 2.37 bits per heavy atom. The first-order chi connectivity index (χ1) is 13.1. The quantitative estimate of drug-likeness (QED) is 0.494. The van der Waals surface area contributed by atoms with E-state index in [0.717, 1.165) is 11.4 Å². The van der Waals surface area contributed by atoms with Gasteiger partial charge in [-0.25, -0.2) is 0 Å². The van der Waals surface area contributed by atoms with Gasteiger partial charge in [0.25, 0.3) is 5.91 Å². The Morgan fingerprint density at radius 2 is 1.67 bits per heavy atom. The topological polar surface area (TPSA) is 38.3 Å². The second-order valence-electron chi connectivity index (χ2n) is 5.98. The SMILES string of the molecule is CC(Oc1ccccc1Cl)C(=O)Nc1ccc(CSc2ccccc2)cc1. The number of anilines is 1. The molecule has 0 radical (unpaired) electrons. The molecule has 0 aliphatic carbocycles. The Morgan fingerprint density at radius 1 is 1.00 bits per heavy atom. The molecule has 3 nitrogen and oxygen atoms in total. The number of halogens is 1. The number of carbonyl (C=O) groups is 1. The third-order valence-electron chi connectivity index (χ3n) is 3.88. The lowest BCUT2D eigenvalue weighted by atomic mass is 10.2. The van der Waals surface area contributed by atoms with Crippen LogP contribution in [-0.4, -0.2) is 12.0 Å². The van der Waals surface area contributed by atoms with Gasteiger partial charge in [-0.15, -0.1) is 11.8 Å². The van der Waals surface area contributed by atoms with Crippen LogP contribution in [0.3, 0.4) is 0 Å². The largest absolute Gasteiger partial charge is 0.479 e. The molecule has 3 rings (SSSR count). The first-order valence-corrected chi connectivity index (χ1v) is 9.97. The van der Waals surface area contributed by atoms with Gasteiger partial charge >= 0.3 is 0 Å². The van der Waals surface area contributed by atoms with Crippen molar-refractivity contribution in [3.05, 3.63) is 89.4 Å². The van der Waals surface area contributed by atoms with E-state index in [4.69, 9.17) is 16.3 Å². The predicted octanol–water partition coefficient (Wildman–Crippen LogP) is 6.04. The van der Waals surface area contributed by atoms with Gasteiger partial charge in [-0.3, -0.25) is 4.79 Å². The number of carbonyl (C=O) groups excluding carboxylic acids is 1. The Bertz CT molecular complexity index is 884. The maximum absolute atomic E-state index is 12.3. The number of benzene rings is 3. The molecule has 1 amide bonds. The van der Waals surface area contributed by atoms with Crippen LogP contribution < -0.4 is 10.1 Å². The summed E-state index contributed by atoms with van der Waals surface area (Å²) in [6.07, 6.45) is -0.654. The summed E-state index contributed by atoms with van der Waals surface area (Å²) in [6, 6.07) is 25.2. The van der Waals surface area contributed by atoms with Gasteiger partial charge in [0.2, 0.25) is 0 Å². The third kappa shape index (κ3) is 5.78. The highest BCUT2D eigenvalue weighted by atomic mass is 35.5. The van der Waals surface area contributed by atoms with Crippen LogP contribution >= 0.6 is 23.4 Å². The number of ether oxygens (including phenoxy) is 1. The minimum Gasteiger partial charge on any atom is -0.479 e. The molecule has 0 aliphatic heterocycles. The monoisotopic (exact) mass is 397 g/mol. The van der Waals surface area contributed by atoms with E-state index in [9.17, 15) is 4.79 Å². The molecule has 0 heterocycles. The first-order valence-electron chi connectivity index (χ1n) is 8.60. The van der Waals surface area contributed by atoms with Crippen LogP contribution in [0.1, 0.15) is 12.5 Å². The number of thioether (sulfide) groups is 1. The Labute approximate surface area is 168 Å². The van der Waals surface area contributed by atoms with Gasteiger partial charge in [0.1, 0.15) is 5.75 Å².